The molecule has 0 bridgehead atoms. The number of carbonyl (C=O) groups is 2. The average Bonchev–Trinajstić information content (AvgIpc) is 3.11. The van der Waals surface area contributed by atoms with E-state index in [1.165, 1.54) is 15.7 Å². The highest BCUT2D eigenvalue weighted by Crippen LogP contribution is 2.39. The lowest BCUT2D eigenvalue weighted by Crippen LogP contribution is -2.25. The molecule has 3 aromatic rings. The van der Waals surface area contributed by atoms with Gasteiger partial charge in [-0.3, -0.25) is 9.20 Å². The average molecular weight is 459 g/mol. The predicted molar refractivity (Wildman–Crippen MR) is 120 cm³/mol. The van der Waals surface area contributed by atoms with Crippen LogP contribution in [0.15, 0.2) is 34.3 Å². The molecule has 1 amide bonds. The van der Waals surface area contributed by atoms with Crippen LogP contribution in [-0.4, -0.2) is 38.1 Å². The second kappa shape index (κ2) is 9.19. The van der Waals surface area contributed by atoms with Crippen LogP contribution in [0.2, 0.25) is 0 Å². The van der Waals surface area contributed by atoms with E-state index in [-0.39, 0.29) is 17.7 Å². The first kappa shape index (κ1) is 21.5. The van der Waals surface area contributed by atoms with Gasteiger partial charge in [-0.1, -0.05) is 17.8 Å². The lowest BCUT2D eigenvalue weighted by Gasteiger charge is -2.13. The van der Waals surface area contributed by atoms with Crippen molar-refractivity contribution in [2.75, 3.05) is 11.9 Å². The zero-order valence-electron chi connectivity index (χ0n) is 17.2. The monoisotopic (exact) mass is 458 g/mol. The molecule has 10 heteroatoms. The van der Waals surface area contributed by atoms with Crippen molar-refractivity contribution in [1.82, 2.24) is 14.4 Å². The highest BCUT2D eigenvalue weighted by atomic mass is 32.2. The van der Waals surface area contributed by atoms with Gasteiger partial charge in [0.2, 0.25) is 5.91 Å². The summed E-state index contributed by atoms with van der Waals surface area (Å²) >= 11 is 2.55. The molecule has 1 N–H and O–H groups in total. The van der Waals surface area contributed by atoms with Crippen LogP contribution in [0, 0.1) is 0 Å². The molecule has 162 valence electrons. The molecule has 0 spiro atoms. The van der Waals surface area contributed by atoms with Gasteiger partial charge in [0.05, 0.1) is 17.4 Å². The van der Waals surface area contributed by atoms with Gasteiger partial charge in [-0.15, -0.1) is 11.3 Å². The number of thioether (sulfide) groups is 1. The van der Waals surface area contributed by atoms with Crippen LogP contribution in [0.1, 0.15) is 47.5 Å². The van der Waals surface area contributed by atoms with Crippen LogP contribution in [-0.2, 0) is 22.4 Å². The van der Waals surface area contributed by atoms with Gasteiger partial charge in [0.15, 0.2) is 5.16 Å². The van der Waals surface area contributed by atoms with E-state index in [4.69, 9.17) is 4.74 Å². The van der Waals surface area contributed by atoms with Gasteiger partial charge in [-0.2, -0.15) is 4.98 Å². The molecule has 4 rings (SSSR count). The molecule has 3 aromatic heterocycles. The van der Waals surface area contributed by atoms with Crippen LogP contribution < -0.4 is 11.0 Å². The molecule has 0 saturated carbocycles. The number of aromatic nitrogens is 3. The molecule has 0 saturated heterocycles. The van der Waals surface area contributed by atoms with Crippen molar-refractivity contribution in [3.63, 3.8) is 0 Å². The van der Waals surface area contributed by atoms with Gasteiger partial charge >= 0.3 is 11.7 Å². The maximum atomic E-state index is 12.9. The highest BCUT2D eigenvalue weighted by molar-refractivity contribution is 8.00. The first-order chi connectivity index (χ1) is 15.0. The van der Waals surface area contributed by atoms with Crippen LogP contribution in [0.5, 0.6) is 0 Å². The zero-order valence-corrected chi connectivity index (χ0v) is 18.8. The zero-order chi connectivity index (χ0) is 22.0. The van der Waals surface area contributed by atoms with E-state index in [2.05, 4.69) is 15.3 Å². The number of hydrogen-bond acceptors (Lipinski definition) is 8. The van der Waals surface area contributed by atoms with Gasteiger partial charge in [0.1, 0.15) is 10.6 Å². The molecule has 0 aliphatic heterocycles. The van der Waals surface area contributed by atoms with E-state index < -0.39 is 16.9 Å². The molecule has 0 radical (unpaired) electrons. The Morgan fingerprint density at radius 2 is 2.10 bits per heavy atom. The van der Waals surface area contributed by atoms with Gasteiger partial charge < -0.3 is 10.1 Å². The molecule has 8 nitrogen and oxygen atoms in total. The Balaban J connectivity index is 1.55. The Morgan fingerprint density at radius 3 is 2.90 bits per heavy atom. The first-order valence-corrected chi connectivity index (χ1v) is 11.8. The first-order valence-electron chi connectivity index (χ1n) is 10.1. The van der Waals surface area contributed by atoms with Crippen molar-refractivity contribution in [2.24, 2.45) is 0 Å². The number of nitrogens with zero attached hydrogens (tertiary/aromatic N) is 3. The number of ether oxygens (including phenoxy) is 1. The molecule has 0 unspecified atom stereocenters. The van der Waals surface area contributed by atoms with E-state index >= 15 is 0 Å². The number of rotatable bonds is 6. The Hall–Kier alpha value is -2.72. The van der Waals surface area contributed by atoms with E-state index in [0.717, 1.165) is 47.9 Å². The summed E-state index contributed by atoms with van der Waals surface area (Å²) in [5, 5.41) is 3.09. The summed E-state index contributed by atoms with van der Waals surface area (Å²) in [6.07, 6.45) is 5.41. The Morgan fingerprint density at radius 1 is 1.29 bits per heavy atom. The molecular formula is C21H22N4O4S2. The number of fused-ring (bicyclic) bond motifs is 2. The van der Waals surface area contributed by atoms with Crippen molar-refractivity contribution < 1.29 is 14.3 Å². The summed E-state index contributed by atoms with van der Waals surface area (Å²) in [5.41, 5.74) is 1.49. The molecule has 1 aliphatic rings. The number of hydrogen-bond donors (Lipinski definition) is 1. The fraction of sp³-hybridized carbons (Fsp3) is 0.381. The number of pyridine rings is 1. The summed E-state index contributed by atoms with van der Waals surface area (Å²) in [6, 6.07) is 5.21. The number of aryl methyl sites for hydroxylation is 1. The minimum absolute atomic E-state index is 0.231. The molecular weight excluding hydrogens is 436 g/mol. The summed E-state index contributed by atoms with van der Waals surface area (Å²) in [4.78, 5) is 47.1. The molecule has 1 aliphatic carbocycles. The number of anilines is 1. The van der Waals surface area contributed by atoms with Crippen molar-refractivity contribution in [3.8, 4) is 0 Å². The van der Waals surface area contributed by atoms with Gasteiger partial charge in [-0.05, 0) is 57.2 Å². The topological polar surface area (TPSA) is 103 Å². The number of esters is 1. The third-order valence-electron chi connectivity index (χ3n) is 4.98. The van der Waals surface area contributed by atoms with Crippen molar-refractivity contribution in [3.05, 3.63) is 50.9 Å². The third-order valence-corrected chi connectivity index (χ3v) is 7.15. The third kappa shape index (κ3) is 4.49. The maximum Gasteiger partial charge on any atom is 0.355 e. The summed E-state index contributed by atoms with van der Waals surface area (Å²) < 4.78 is 6.58. The summed E-state index contributed by atoms with van der Waals surface area (Å²) in [7, 11) is 0. The number of thiophene rings is 1. The summed E-state index contributed by atoms with van der Waals surface area (Å²) in [5.74, 6) is -0.686. The minimum Gasteiger partial charge on any atom is -0.462 e. The minimum atomic E-state index is -0.570. The van der Waals surface area contributed by atoms with E-state index in [1.54, 1.807) is 38.2 Å². The van der Waals surface area contributed by atoms with Crippen LogP contribution >= 0.6 is 23.1 Å². The quantitative estimate of drug-likeness (QED) is 0.446. The molecule has 0 fully saturated rings. The number of nitrogens with one attached hydrogen (secondary N) is 1. The number of amides is 1. The smallest absolute Gasteiger partial charge is 0.355 e. The van der Waals surface area contributed by atoms with Crippen molar-refractivity contribution >= 4 is 45.6 Å². The van der Waals surface area contributed by atoms with Crippen LogP contribution in [0.4, 0.5) is 5.00 Å². The second-order valence-corrected chi connectivity index (χ2v) is 9.52. The Kier molecular flexibility index (Phi) is 6.38. The summed E-state index contributed by atoms with van der Waals surface area (Å²) in [6.45, 7) is 3.76. The lowest BCUT2D eigenvalue weighted by molar-refractivity contribution is -0.115. The molecule has 0 aromatic carbocycles. The highest BCUT2D eigenvalue weighted by Gasteiger charge is 2.28. The fourth-order valence-corrected chi connectivity index (χ4v) is 5.54. The number of carbonyl (C=O) groups excluding carboxylic acids is 2. The Labute approximate surface area is 187 Å². The largest absolute Gasteiger partial charge is 0.462 e. The molecule has 1 atom stereocenters. The molecule has 3 heterocycles. The normalized spacial score (nSPS) is 14.1. The van der Waals surface area contributed by atoms with E-state index in [1.807, 2.05) is 0 Å². The Bertz CT molecular complexity index is 1200. The fourth-order valence-electron chi connectivity index (χ4n) is 3.50. The maximum absolute atomic E-state index is 12.9. The van der Waals surface area contributed by atoms with E-state index in [9.17, 15) is 14.4 Å². The molecule has 31 heavy (non-hydrogen) atoms. The SMILES string of the molecule is CCOC(=O)c1c(NC(=O)[C@@H](C)Sc2nc(=O)n3ccccc3n2)sc2c1CCCC2. The predicted octanol–water partition coefficient (Wildman–Crippen LogP) is 3.33. The lowest BCUT2D eigenvalue weighted by atomic mass is 9.95. The van der Waals surface area contributed by atoms with Gasteiger partial charge in [0, 0.05) is 11.1 Å². The van der Waals surface area contributed by atoms with Gasteiger partial charge in [-0.25, -0.2) is 14.6 Å². The van der Waals surface area contributed by atoms with Crippen molar-refractivity contribution in [1.29, 1.82) is 0 Å². The van der Waals surface area contributed by atoms with E-state index in [0.29, 0.717) is 16.2 Å². The standard InChI is InChI=1S/C21H22N4O4S2/c1-3-29-19(27)16-13-8-4-5-9-14(13)31-18(16)23-17(26)12(2)30-20-22-15-10-6-7-11-25(15)21(28)24-20/h6-7,10-12H,3-5,8-9H2,1-2H3,(H,23,26)/t12-/m1/s1. The second-order valence-electron chi connectivity index (χ2n) is 7.10. The van der Waals surface area contributed by atoms with Crippen LogP contribution in [0.3, 0.4) is 0 Å². The van der Waals surface area contributed by atoms with Crippen LogP contribution in [0.25, 0.3) is 5.65 Å². The van der Waals surface area contributed by atoms with Crippen molar-refractivity contribution in [2.45, 2.75) is 49.9 Å². The van der Waals surface area contributed by atoms with Gasteiger partial charge in [0.25, 0.3) is 0 Å².